The Morgan fingerprint density at radius 3 is 1.09 bits per heavy atom. The molecule has 0 aliphatic carbocycles. The molecular weight excluding hydrogens is 563 g/mol. The molecule has 2 N–H and O–H groups in total. The van der Waals surface area contributed by atoms with Crippen molar-refractivity contribution in [2.24, 2.45) is 0 Å². The minimum Gasteiger partial charge on any atom is -0.468 e. The van der Waals surface area contributed by atoms with Crippen molar-refractivity contribution in [1.82, 2.24) is 8.60 Å². The number of rotatable bonds is 25. The lowest BCUT2D eigenvalue weighted by atomic mass is 10.1. The van der Waals surface area contributed by atoms with E-state index in [0.29, 0.717) is 12.8 Å². The highest BCUT2D eigenvalue weighted by Gasteiger charge is 2.29. The van der Waals surface area contributed by atoms with Crippen molar-refractivity contribution in [1.29, 1.82) is 0 Å². The van der Waals surface area contributed by atoms with Crippen LogP contribution in [0, 0.1) is 0 Å². The lowest BCUT2D eigenvalue weighted by Gasteiger charge is -2.12. The highest BCUT2D eigenvalue weighted by molar-refractivity contribution is 9.09. The van der Waals surface area contributed by atoms with Crippen molar-refractivity contribution in [2.75, 3.05) is 17.8 Å². The molecule has 0 radical (unpaired) electrons. The lowest BCUT2D eigenvalue weighted by molar-refractivity contribution is -0.120. The van der Waals surface area contributed by atoms with E-state index in [1.165, 1.54) is 89.9 Å². The summed E-state index contributed by atoms with van der Waals surface area (Å²) in [7, 11) is 1.56. The summed E-state index contributed by atoms with van der Waals surface area (Å²) in [6.07, 6.45) is 23.1. The van der Waals surface area contributed by atoms with Crippen molar-refractivity contribution in [2.45, 2.75) is 128 Å². The maximum Gasteiger partial charge on any atom is 0.794 e. The number of carbonyl (C=O) groups excluding carboxylic acids is 2. The number of amides is 2. The Morgan fingerprint density at radius 2 is 0.818 bits per heavy atom. The number of hydrogen-bond acceptors (Lipinski definition) is 3. The first kappa shape index (κ1) is 33.4. The Kier molecular flexibility index (Phi) is 27.3. The zero-order valence-corrected chi connectivity index (χ0v) is 25.4. The zero-order chi connectivity index (χ0) is 24.4. The average molecular weight is 612 g/mol. The predicted molar refractivity (Wildman–Crippen MR) is 149 cm³/mol. The molecule has 0 aromatic carbocycles. The molecule has 0 saturated heterocycles. The van der Waals surface area contributed by atoms with Gasteiger partial charge in [-0.1, -0.05) is 122 Å². The van der Waals surface area contributed by atoms with Gasteiger partial charge in [0, 0.05) is 30.6 Å². The van der Waals surface area contributed by atoms with Crippen LogP contribution in [0.15, 0.2) is 0 Å². The molecule has 33 heavy (non-hydrogen) atoms. The lowest BCUT2D eigenvalue weighted by Crippen LogP contribution is -2.53. The van der Waals surface area contributed by atoms with Gasteiger partial charge >= 0.3 is 14.9 Å². The molecule has 0 aromatic rings. The summed E-state index contributed by atoms with van der Waals surface area (Å²) in [6.45, 7) is 0. The maximum atomic E-state index is 12.2. The van der Waals surface area contributed by atoms with Gasteiger partial charge in [-0.3, -0.25) is 9.59 Å². The molecule has 0 aliphatic heterocycles. The quantitative estimate of drug-likeness (QED) is 0.0640. The highest BCUT2D eigenvalue weighted by Crippen LogP contribution is 2.12. The van der Waals surface area contributed by atoms with E-state index in [1.54, 1.807) is 7.11 Å². The molecule has 0 heterocycles. The van der Waals surface area contributed by atoms with Gasteiger partial charge in [-0.25, -0.2) is 0 Å². The van der Waals surface area contributed by atoms with E-state index in [-0.39, 0.29) is 11.8 Å². The van der Waals surface area contributed by atoms with Crippen LogP contribution in [-0.4, -0.2) is 44.5 Å². The van der Waals surface area contributed by atoms with Crippen molar-refractivity contribution >= 4 is 58.6 Å². The molecular formula is C25H49AlBr2N2O3. The van der Waals surface area contributed by atoms with Gasteiger partial charge in [-0.05, 0) is 25.7 Å². The third-order valence-electron chi connectivity index (χ3n) is 5.89. The summed E-state index contributed by atoms with van der Waals surface area (Å²) in [6, 6.07) is 0. The normalized spacial score (nSPS) is 10.9. The van der Waals surface area contributed by atoms with E-state index in [4.69, 9.17) is 3.79 Å². The van der Waals surface area contributed by atoms with Crippen molar-refractivity contribution in [3.63, 3.8) is 0 Å². The smallest absolute Gasteiger partial charge is 0.468 e. The van der Waals surface area contributed by atoms with Crippen LogP contribution < -0.4 is 8.60 Å². The topological polar surface area (TPSA) is 67.4 Å². The summed E-state index contributed by atoms with van der Waals surface area (Å²) in [5.74, 6) is -0.000512. The third kappa shape index (κ3) is 25.3. The van der Waals surface area contributed by atoms with Crippen LogP contribution in [0.4, 0.5) is 0 Å². The second-order valence-electron chi connectivity index (χ2n) is 8.99. The summed E-state index contributed by atoms with van der Waals surface area (Å²) < 4.78 is 11.2. The second kappa shape index (κ2) is 27.0. The Bertz CT molecular complexity index is 421. The summed E-state index contributed by atoms with van der Waals surface area (Å²) in [5, 5.41) is 2.23. The fraction of sp³-hybridized carbons (Fsp3) is 0.920. The predicted octanol–water partition coefficient (Wildman–Crippen LogP) is 7.44. The fourth-order valence-corrected chi connectivity index (χ4v) is 5.80. The largest absolute Gasteiger partial charge is 0.794 e. The van der Waals surface area contributed by atoms with Gasteiger partial charge in [0.05, 0.1) is 0 Å². The van der Waals surface area contributed by atoms with E-state index in [9.17, 15) is 9.59 Å². The van der Waals surface area contributed by atoms with Gasteiger partial charge < -0.3 is 12.4 Å². The van der Waals surface area contributed by atoms with E-state index >= 15 is 0 Å². The number of hydrogen-bond donors (Lipinski definition) is 2. The fourth-order valence-electron chi connectivity index (χ4n) is 3.83. The van der Waals surface area contributed by atoms with Crippen LogP contribution in [0.3, 0.4) is 0 Å². The van der Waals surface area contributed by atoms with E-state index in [0.717, 1.165) is 36.3 Å². The number of alkyl halides is 2. The van der Waals surface area contributed by atoms with E-state index in [1.807, 2.05) is 0 Å². The minimum absolute atomic E-state index is 0.000256. The van der Waals surface area contributed by atoms with Gasteiger partial charge in [0.25, 0.3) is 0 Å². The molecule has 8 heteroatoms. The second-order valence-corrected chi connectivity index (χ2v) is 12.4. The first-order valence-electron chi connectivity index (χ1n) is 13.4. The minimum atomic E-state index is -2.20. The van der Waals surface area contributed by atoms with Crippen molar-refractivity contribution < 1.29 is 13.4 Å². The third-order valence-corrected chi connectivity index (χ3v) is 8.66. The summed E-state index contributed by atoms with van der Waals surface area (Å²) >= 11 is 4.74. The molecule has 0 unspecified atom stereocenters. The Labute approximate surface area is 225 Å². The highest BCUT2D eigenvalue weighted by atomic mass is 79.9. The number of nitrogens with one attached hydrogen (secondary N) is 2. The number of carbonyl (C=O) groups is 2. The van der Waals surface area contributed by atoms with Crippen LogP contribution in [0.5, 0.6) is 0 Å². The molecule has 5 nitrogen and oxygen atoms in total. The van der Waals surface area contributed by atoms with Crippen LogP contribution in [0.1, 0.15) is 128 Å². The van der Waals surface area contributed by atoms with Gasteiger partial charge in [0.15, 0.2) is 11.8 Å². The molecule has 2 amide bonds. The SMILES string of the molecule is C[O][Al]([NH]C(=O)CCCCCCCCCCCBr)[NH]C(=O)CCCCCCCCCCCBr. The Hall–Kier alpha value is 0.392. The van der Waals surface area contributed by atoms with Crippen LogP contribution in [0.2, 0.25) is 0 Å². The van der Waals surface area contributed by atoms with E-state index in [2.05, 4.69) is 40.5 Å². The van der Waals surface area contributed by atoms with E-state index < -0.39 is 14.9 Å². The van der Waals surface area contributed by atoms with Crippen LogP contribution in [-0.2, 0) is 13.4 Å². The zero-order valence-electron chi connectivity index (χ0n) is 21.1. The molecule has 0 aromatic heterocycles. The first-order chi connectivity index (χ1) is 16.1. The van der Waals surface area contributed by atoms with Crippen LogP contribution >= 0.6 is 31.9 Å². The molecule has 0 bridgehead atoms. The summed E-state index contributed by atoms with van der Waals surface area (Å²) in [5.41, 5.74) is 0. The first-order valence-corrected chi connectivity index (χ1v) is 17.2. The molecule has 0 aliphatic rings. The number of halogens is 2. The maximum absolute atomic E-state index is 12.2. The van der Waals surface area contributed by atoms with Crippen molar-refractivity contribution in [3.8, 4) is 0 Å². The van der Waals surface area contributed by atoms with Crippen molar-refractivity contribution in [3.05, 3.63) is 0 Å². The molecule has 0 saturated carbocycles. The van der Waals surface area contributed by atoms with Gasteiger partial charge in [0.1, 0.15) is 0 Å². The van der Waals surface area contributed by atoms with Gasteiger partial charge in [-0.2, -0.15) is 0 Å². The molecule has 194 valence electrons. The number of unbranched alkanes of at least 4 members (excludes halogenated alkanes) is 16. The standard InChI is InChI=1S/2C12H24BrNO.CH3O.Al/c2*13-11-9-7-5-3-1-2-4-6-8-10-12(14)15;1-2;/h2*1-11H2,(H2,14,15);1H3;/q;;-1;+3/p-2. The Balaban J connectivity index is 3.61. The molecule has 0 atom stereocenters. The molecule has 0 fully saturated rings. The van der Waals surface area contributed by atoms with Gasteiger partial charge in [0.2, 0.25) is 0 Å². The average Bonchev–Trinajstić information content (AvgIpc) is 2.81. The Morgan fingerprint density at radius 1 is 0.545 bits per heavy atom. The molecule has 0 rings (SSSR count). The summed E-state index contributed by atoms with van der Waals surface area (Å²) in [4.78, 5) is 24.3. The van der Waals surface area contributed by atoms with Gasteiger partial charge in [-0.15, -0.1) is 0 Å². The van der Waals surface area contributed by atoms with Crippen LogP contribution in [0.25, 0.3) is 0 Å². The monoisotopic (exact) mass is 610 g/mol. The molecule has 0 spiro atoms.